The van der Waals surface area contributed by atoms with E-state index in [1.165, 1.54) is 11.1 Å². The van der Waals surface area contributed by atoms with Crippen molar-refractivity contribution < 1.29 is 0 Å². The SMILES string of the molecule is Cc1ccccc1C/C=C\C=C/S. The van der Waals surface area contributed by atoms with E-state index < -0.39 is 0 Å². The molecule has 0 nitrogen and oxygen atoms in total. The number of hydrogen-bond acceptors (Lipinski definition) is 1. The van der Waals surface area contributed by atoms with Gasteiger partial charge in [-0.25, -0.2) is 0 Å². The van der Waals surface area contributed by atoms with Crippen molar-refractivity contribution in [3.05, 3.63) is 59.0 Å². The molecule has 1 rings (SSSR count). The average molecular weight is 190 g/mol. The van der Waals surface area contributed by atoms with E-state index in [1.807, 2.05) is 12.2 Å². The van der Waals surface area contributed by atoms with Gasteiger partial charge in [0.05, 0.1) is 0 Å². The molecule has 0 spiro atoms. The fourth-order valence-corrected chi connectivity index (χ4v) is 1.26. The molecule has 1 aromatic rings. The lowest BCUT2D eigenvalue weighted by atomic mass is 10.1. The Morgan fingerprint density at radius 3 is 2.69 bits per heavy atom. The van der Waals surface area contributed by atoms with Gasteiger partial charge < -0.3 is 0 Å². The topological polar surface area (TPSA) is 0 Å². The lowest BCUT2D eigenvalue weighted by Crippen LogP contribution is -1.84. The summed E-state index contributed by atoms with van der Waals surface area (Å²) in [6.45, 7) is 2.14. The largest absolute Gasteiger partial charge is 0.151 e. The van der Waals surface area contributed by atoms with Crippen LogP contribution >= 0.6 is 12.6 Å². The summed E-state index contributed by atoms with van der Waals surface area (Å²) in [4.78, 5) is 0. The third kappa shape index (κ3) is 3.51. The van der Waals surface area contributed by atoms with Gasteiger partial charge in [-0.05, 0) is 29.9 Å². The van der Waals surface area contributed by atoms with Gasteiger partial charge in [-0.3, -0.25) is 0 Å². The van der Waals surface area contributed by atoms with E-state index in [2.05, 4.69) is 49.9 Å². The lowest BCUT2D eigenvalue weighted by molar-refractivity contribution is 1.21. The highest BCUT2D eigenvalue weighted by Gasteiger charge is 1.91. The first-order valence-corrected chi connectivity index (χ1v) is 4.86. The molecule has 0 atom stereocenters. The second kappa shape index (κ2) is 5.65. The minimum absolute atomic E-state index is 0.991. The van der Waals surface area contributed by atoms with Crippen LogP contribution in [0.5, 0.6) is 0 Å². The molecule has 0 saturated heterocycles. The van der Waals surface area contributed by atoms with Crippen molar-refractivity contribution in [2.75, 3.05) is 0 Å². The van der Waals surface area contributed by atoms with Crippen LogP contribution in [-0.2, 0) is 6.42 Å². The van der Waals surface area contributed by atoms with Crippen molar-refractivity contribution in [2.45, 2.75) is 13.3 Å². The van der Waals surface area contributed by atoms with Gasteiger partial charge in [0.25, 0.3) is 0 Å². The molecule has 0 aliphatic rings. The first-order chi connectivity index (χ1) is 6.34. The first-order valence-electron chi connectivity index (χ1n) is 4.35. The molecule has 0 N–H and O–H groups in total. The zero-order valence-corrected chi connectivity index (χ0v) is 8.67. The normalized spacial score (nSPS) is 11.5. The van der Waals surface area contributed by atoms with Crippen molar-refractivity contribution in [1.29, 1.82) is 0 Å². The quantitative estimate of drug-likeness (QED) is 0.547. The van der Waals surface area contributed by atoms with Crippen LogP contribution in [0.15, 0.2) is 47.9 Å². The van der Waals surface area contributed by atoms with Gasteiger partial charge in [0.1, 0.15) is 0 Å². The summed E-state index contributed by atoms with van der Waals surface area (Å²) in [5.41, 5.74) is 2.73. The molecule has 0 saturated carbocycles. The van der Waals surface area contributed by atoms with E-state index in [-0.39, 0.29) is 0 Å². The predicted molar refractivity (Wildman–Crippen MR) is 62.1 cm³/mol. The number of benzene rings is 1. The molecular weight excluding hydrogens is 176 g/mol. The summed E-state index contributed by atoms with van der Waals surface area (Å²) >= 11 is 3.97. The predicted octanol–water partition coefficient (Wildman–Crippen LogP) is 3.54. The number of aryl methyl sites for hydroxylation is 1. The molecule has 13 heavy (non-hydrogen) atoms. The zero-order chi connectivity index (χ0) is 9.52. The molecule has 0 radical (unpaired) electrons. The van der Waals surface area contributed by atoms with E-state index in [0.29, 0.717) is 0 Å². The van der Waals surface area contributed by atoms with Gasteiger partial charge in [-0.2, -0.15) is 12.6 Å². The van der Waals surface area contributed by atoms with Crippen molar-refractivity contribution in [3.63, 3.8) is 0 Å². The lowest BCUT2D eigenvalue weighted by Gasteiger charge is -1.99. The van der Waals surface area contributed by atoms with Crippen LogP contribution in [0, 0.1) is 6.92 Å². The number of hydrogen-bond donors (Lipinski definition) is 1. The molecule has 0 aliphatic heterocycles. The second-order valence-electron chi connectivity index (χ2n) is 2.90. The number of thiol groups is 1. The van der Waals surface area contributed by atoms with Crippen LogP contribution < -0.4 is 0 Å². The Kier molecular flexibility index (Phi) is 4.41. The maximum atomic E-state index is 3.97. The molecule has 0 unspecified atom stereocenters. The Hall–Kier alpha value is -0.950. The summed E-state index contributed by atoms with van der Waals surface area (Å²) in [5.74, 6) is 0. The molecule has 68 valence electrons. The van der Waals surface area contributed by atoms with Gasteiger partial charge in [0.15, 0.2) is 0 Å². The minimum atomic E-state index is 0.991. The van der Waals surface area contributed by atoms with E-state index in [4.69, 9.17) is 0 Å². The van der Waals surface area contributed by atoms with Crippen LogP contribution in [0.1, 0.15) is 11.1 Å². The fourth-order valence-electron chi connectivity index (χ4n) is 1.16. The highest BCUT2D eigenvalue weighted by atomic mass is 32.1. The van der Waals surface area contributed by atoms with Crippen LogP contribution in [0.25, 0.3) is 0 Å². The molecule has 1 heteroatoms. The molecule has 0 amide bonds. The third-order valence-electron chi connectivity index (χ3n) is 1.93. The maximum Gasteiger partial charge on any atom is -0.00917 e. The van der Waals surface area contributed by atoms with Crippen molar-refractivity contribution >= 4 is 12.6 Å². The monoisotopic (exact) mass is 190 g/mol. The maximum absolute atomic E-state index is 3.97. The van der Waals surface area contributed by atoms with Crippen molar-refractivity contribution in [1.82, 2.24) is 0 Å². The average Bonchev–Trinajstić information content (AvgIpc) is 2.15. The van der Waals surface area contributed by atoms with Crippen molar-refractivity contribution in [3.8, 4) is 0 Å². The summed E-state index contributed by atoms with van der Waals surface area (Å²) in [6, 6.07) is 8.43. The second-order valence-corrected chi connectivity index (χ2v) is 3.20. The first kappa shape index (κ1) is 10.1. The third-order valence-corrected chi connectivity index (χ3v) is 2.10. The Balaban J connectivity index is 2.59. The summed E-state index contributed by atoms with van der Waals surface area (Å²) in [7, 11) is 0. The highest BCUT2D eigenvalue weighted by molar-refractivity contribution is 7.83. The molecule has 0 heterocycles. The van der Waals surface area contributed by atoms with Crippen LogP contribution in [0.3, 0.4) is 0 Å². The van der Waals surface area contributed by atoms with Crippen molar-refractivity contribution in [2.24, 2.45) is 0 Å². The Labute approximate surface area is 85.4 Å². The molecule has 0 aliphatic carbocycles. The van der Waals surface area contributed by atoms with E-state index in [0.717, 1.165) is 6.42 Å². The van der Waals surface area contributed by atoms with Gasteiger partial charge in [0.2, 0.25) is 0 Å². The van der Waals surface area contributed by atoms with Gasteiger partial charge in [0, 0.05) is 0 Å². The molecule has 0 bridgehead atoms. The number of rotatable bonds is 3. The fraction of sp³-hybridized carbons (Fsp3) is 0.167. The summed E-state index contributed by atoms with van der Waals surface area (Å²) < 4.78 is 0. The van der Waals surface area contributed by atoms with E-state index >= 15 is 0 Å². The Morgan fingerprint density at radius 2 is 2.00 bits per heavy atom. The highest BCUT2D eigenvalue weighted by Crippen LogP contribution is 2.07. The molecule has 1 aromatic carbocycles. The van der Waals surface area contributed by atoms with E-state index in [9.17, 15) is 0 Å². The van der Waals surface area contributed by atoms with E-state index in [1.54, 1.807) is 5.41 Å². The molecule has 0 aromatic heterocycles. The summed E-state index contributed by atoms with van der Waals surface area (Å²) in [6.07, 6.45) is 7.06. The van der Waals surface area contributed by atoms with Crippen LogP contribution in [0.2, 0.25) is 0 Å². The van der Waals surface area contributed by atoms with Crippen LogP contribution in [0.4, 0.5) is 0 Å². The van der Waals surface area contributed by atoms with Gasteiger partial charge >= 0.3 is 0 Å². The Bertz CT molecular complexity index is 311. The Morgan fingerprint density at radius 1 is 1.23 bits per heavy atom. The standard InChI is InChI=1S/C12H14S/c1-11-7-4-5-9-12(11)8-3-2-6-10-13/h2-7,9-10,13H,8H2,1H3/b3-2-,10-6-. The minimum Gasteiger partial charge on any atom is -0.151 e. The molecule has 0 fully saturated rings. The van der Waals surface area contributed by atoms with Gasteiger partial charge in [-0.1, -0.05) is 42.5 Å². The smallest absolute Gasteiger partial charge is 0.00917 e. The molecular formula is C12H14S. The number of allylic oxidation sites excluding steroid dienone is 3. The van der Waals surface area contributed by atoms with Gasteiger partial charge in [-0.15, -0.1) is 0 Å². The zero-order valence-electron chi connectivity index (χ0n) is 7.77. The van der Waals surface area contributed by atoms with Crippen LogP contribution in [-0.4, -0.2) is 0 Å². The summed E-state index contributed by atoms with van der Waals surface area (Å²) in [5, 5.41) is 1.73.